The molecule has 1 atom stereocenters. The fourth-order valence-electron chi connectivity index (χ4n) is 1.83. The van der Waals surface area contributed by atoms with E-state index in [1.807, 2.05) is 6.07 Å². The summed E-state index contributed by atoms with van der Waals surface area (Å²) in [7, 11) is 3.21. The maximum absolute atomic E-state index is 12.2. The summed E-state index contributed by atoms with van der Waals surface area (Å²) in [5.41, 5.74) is 1.40. The first kappa shape index (κ1) is 15.7. The Morgan fingerprint density at radius 3 is 2.53 bits per heavy atom. The Balaban J connectivity index is 3.20. The molecule has 19 heavy (non-hydrogen) atoms. The van der Waals surface area contributed by atoms with Crippen molar-refractivity contribution in [2.75, 3.05) is 20.7 Å². The SMILES string of the molecule is CNCC(O)C(=O)c1cc(C(C)(C)C)ccc1OC. The summed E-state index contributed by atoms with van der Waals surface area (Å²) < 4.78 is 5.21. The molecule has 0 heterocycles. The number of likely N-dealkylation sites (N-methyl/N-ethyl adjacent to an activating group) is 1. The zero-order chi connectivity index (χ0) is 14.6. The molecule has 1 rings (SSSR count). The number of carbonyl (C=O) groups is 1. The third-order valence-corrected chi connectivity index (χ3v) is 3.03. The van der Waals surface area contributed by atoms with E-state index in [9.17, 15) is 9.90 Å². The lowest BCUT2D eigenvalue weighted by molar-refractivity contribution is 0.0747. The van der Waals surface area contributed by atoms with Crippen LogP contribution in [0.15, 0.2) is 18.2 Å². The van der Waals surface area contributed by atoms with Gasteiger partial charge in [0.1, 0.15) is 11.9 Å². The van der Waals surface area contributed by atoms with Gasteiger partial charge in [0, 0.05) is 6.54 Å². The summed E-state index contributed by atoms with van der Waals surface area (Å²) in [6.07, 6.45) is -1.06. The summed E-state index contributed by atoms with van der Waals surface area (Å²) in [6, 6.07) is 5.53. The minimum absolute atomic E-state index is 0.0603. The van der Waals surface area contributed by atoms with Crippen molar-refractivity contribution in [2.45, 2.75) is 32.3 Å². The molecular formula is C15H23NO3. The van der Waals surface area contributed by atoms with E-state index in [4.69, 9.17) is 4.74 Å². The molecule has 0 aliphatic carbocycles. The van der Waals surface area contributed by atoms with Gasteiger partial charge in [0.05, 0.1) is 12.7 Å². The highest BCUT2D eigenvalue weighted by Gasteiger charge is 2.23. The van der Waals surface area contributed by atoms with Crippen molar-refractivity contribution >= 4 is 5.78 Å². The number of Topliss-reactive ketones (excluding diaryl/α,β-unsaturated/α-hetero) is 1. The molecule has 2 N–H and O–H groups in total. The fraction of sp³-hybridized carbons (Fsp3) is 0.533. The molecule has 0 radical (unpaired) electrons. The second-order valence-electron chi connectivity index (χ2n) is 5.60. The second kappa shape index (κ2) is 6.17. The maximum atomic E-state index is 12.2. The minimum Gasteiger partial charge on any atom is -0.496 e. The van der Waals surface area contributed by atoms with Crippen LogP contribution in [0.2, 0.25) is 0 Å². The van der Waals surface area contributed by atoms with Crippen molar-refractivity contribution in [3.8, 4) is 5.75 Å². The predicted octanol–water partition coefficient (Wildman–Crippen LogP) is 1.76. The van der Waals surface area contributed by atoms with Crippen LogP contribution >= 0.6 is 0 Å². The number of aliphatic hydroxyl groups excluding tert-OH is 1. The average molecular weight is 265 g/mol. The van der Waals surface area contributed by atoms with Crippen LogP contribution in [-0.2, 0) is 5.41 Å². The standard InChI is InChI=1S/C15H23NO3/c1-15(2,3)10-6-7-13(19-5)11(8-10)14(18)12(17)9-16-4/h6-8,12,16-17H,9H2,1-5H3. The molecular weight excluding hydrogens is 242 g/mol. The molecule has 0 bridgehead atoms. The van der Waals surface area contributed by atoms with Crippen LogP contribution in [0.1, 0.15) is 36.7 Å². The number of carbonyl (C=O) groups excluding carboxylic acids is 1. The third kappa shape index (κ3) is 3.78. The van der Waals surface area contributed by atoms with Crippen LogP contribution in [0.5, 0.6) is 5.75 Å². The summed E-state index contributed by atoms with van der Waals surface area (Å²) in [4.78, 5) is 12.2. The van der Waals surface area contributed by atoms with E-state index >= 15 is 0 Å². The lowest BCUT2D eigenvalue weighted by atomic mass is 9.85. The maximum Gasteiger partial charge on any atom is 0.196 e. The van der Waals surface area contributed by atoms with Crippen LogP contribution in [-0.4, -0.2) is 37.7 Å². The Morgan fingerprint density at radius 1 is 1.42 bits per heavy atom. The zero-order valence-electron chi connectivity index (χ0n) is 12.3. The van der Waals surface area contributed by atoms with Crippen molar-refractivity contribution in [3.63, 3.8) is 0 Å². The summed E-state index contributed by atoms with van der Waals surface area (Å²) in [5, 5.41) is 12.6. The lowest BCUT2D eigenvalue weighted by Gasteiger charge is -2.21. The van der Waals surface area contributed by atoms with Crippen molar-refractivity contribution in [1.82, 2.24) is 5.32 Å². The second-order valence-corrected chi connectivity index (χ2v) is 5.60. The number of ketones is 1. The lowest BCUT2D eigenvalue weighted by Crippen LogP contribution is -2.31. The smallest absolute Gasteiger partial charge is 0.196 e. The average Bonchev–Trinajstić information content (AvgIpc) is 2.36. The van der Waals surface area contributed by atoms with Crippen molar-refractivity contribution in [2.24, 2.45) is 0 Å². The van der Waals surface area contributed by atoms with E-state index in [1.165, 1.54) is 7.11 Å². The molecule has 4 nitrogen and oxygen atoms in total. The van der Waals surface area contributed by atoms with E-state index in [0.29, 0.717) is 11.3 Å². The normalized spacial score (nSPS) is 13.2. The molecule has 1 aromatic carbocycles. The van der Waals surface area contributed by atoms with E-state index < -0.39 is 6.10 Å². The molecule has 0 saturated heterocycles. The quantitative estimate of drug-likeness (QED) is 0.796. The Bertz CT molecular complexity index is 449. The Labute approximate surface area is 114 Å². The molecule has 0 amide bonds. The minimum atomic E-state index is -1.06. The van der Waals surface area contributed by atoms with Gasteiger partial charge >= 0.3 is 0 Å². The van der Waals surface area contributed by atoms with Gasteiger partial charge in [-0.15, -0.1) is 0 Å². The molecule has 0 aromatic heterocycles. The molecule has 0 aliphatic heterocycles. The van der Waals surface area contributed by atoms with Gasteiger partial charge in [0.2, 0.25) is 0 Å². The Hall–Kier alpha value is -1.39. The molecule has 0 spiro atoms. The van der Waals surface area contributed by atoms with Gasteiger partial charge in [-0.3, -0.25) is 4.79 Å². The number of hydrogen-bond acceptors (Lipinski definition) is 4. The zero-order valence-corrected chi connectivity index (χ0v) is 12.3. The third-order valence-electron chi connectivity index (χ3n) is 3.03. The first-order valence-corrected chi connectivity index (χ1v) is 6.36. The summed E-state index contributed by atoms with van der Waals surface area (Å²) in [5.74, 6) is 0.172. The fourth-order valence-corrected chi connectivity index (χ4v) is 1.83. The number of aliphatic hydroxyl groups is 1. The van der Waals surface area contributed by atoms with Gasteiger partial charge in [-0.2, -0.15) is 0 Å². The predicted molar refractivity (Wildman–Crippen MR) is 76.0 cm³/mol. The van der Waals surface area contributed by atoms with Crippen LogP contribution < -0.4 is 10.1 Å². The van der Waals surface area contributed by atoms with Gasteiger partial charge in [-0.25, -0.2) is 0 Å². The molecule has 1 unspecified atom stereocenters. The number of nitrogens with one attached hydrogen (secondary N) is 1. The van der Waals surface area contributed by atoms with E-state index in [0.717, 1.165) is 5.56 Å². The van der Waals surface area contributed by atoms with Crippen molar-refractivity contribution < 1.29 is 14.6 Å². The summed E-state index contributed by atoms with van der Waals surface area (Å²) in [6.45, 7) is 6.45. The topological polar surface area (TPSA) is 58.6 Å². The van der Waals surface area contributed by atoms with Gasteiger partial charge in [-0.1, -0.05) is 26.8 Å². The van der Waals surface area contributed by atoms with Gasteiger partial charge in [0.25, 0.3) is 0 Å². The Kier molecular flexibility index (Phi) is 5.09. The highest BCUT2D eigenvalue weighted by molar-refractivity contribution is 6.02. The first-order chi connectivity index (χ1) is 8.81. The summed E-state index contributed by atoms with van der Waals surface area (Å²) >= 11 is 0. The van der Waals surface area contributed by atoms with Crippen LogP contribution in [0.3, 0.4) is 0 Å². The van der Waals surface area contributed by atoms with E-state index in [2.05, 4.69) is 26.1 Å². The van der Waals surface area contributed by atoms with Crippen molar-refractivity contribution in [1.29, 1.82) is 0 Å². The number of rotatable bonds is 5. The highest BCUT2D eigenvalue weighted by atomic mass is 16.5. The number of methoxy groups -OCH3 is 1. The number of hydrogen-bond donors (Lipinski definition) is 2. The van der Waals surface area contributed by atoms with Crippen molar-refractivity contribution in [3.05, 3.63) is 29.3 Å². The van der Waals surface area contributed by atoms with E-state index in [1.54, 1.807) is 19.2 Å². The molecule has 106 valence electrons. The van der Waals surface area contributed by atoms with Gasteiger partial charge in [0.15, 0.2) is 5.78 Å². The number of benzene rings is 1. The first-order valence-electron chi connectivity index (χ1n) is 6.36. The highest BCUT2D eigenvalue weighted by Crippen LogP contribution is 2.28. The molecule has 0 saturated carbocycles. The monoisotopic (exact) mass is 265 g/mol. The van der Waals surface area contributed by atoms with Crippen LogP contribution in [0, 0.1) is 0 Å². The Morgan fingerprint density at radius 2 is 2.05 bits per heavy atom. The van der Waals surface area contributed by atoms with Crippen LogP contribution in [0.4, 0.5) is 0 Å². The van der Waals surface area contributed by atoms with Crippen LogP contribution in [0.25, 0.3) is 0 Å². The van der Waals surface area contributed by atoms with Gasteiger partial charge < -0.3 is 15.2 Å². The van der Waals surface area contributed by atoms with E-state index in [-0.39, 0.29) is 17.7 Å². The molecule has 1 aromatic rings. The molecule has 0 aliphatic rings. The number of ether oxygens (including phenoxy) is 1. The molecule has 4 heteroatoms. The molecule has 0 fully saturated rings. The largest absolute Gasteiger partial charge is 0.496 e. The van der Waals surface area contributed by atoms with Gasteiger partial charge in [-0.05, 0) is 30.2 Å².